The van der Waals surface area contributed by atoms with Crippen molar-refractivity contribution in [1.29, 1.82) is 0 Å². The van der Waals surface area contributed by atoms with Gasteiger partial charge in [0.15, 0.2) is 0 Å². The zero-order valence-corrected chi connectivity index (χ0v) is 8.96. The lowest BCUT2D eigenvalue weighted by Crippen LogP contribution is -2.42. The van der Waals surface area contributed by atoms with Crippen LogP contribution in [-0.4, -0.2) is 40.9 Å². The van der Waals surface area contributed by atoms with Gasteiger partial charge in [-0.1, -0.05) is 0 Å². The predicted octanol–water partition coefficient (Wildman–Crippen LogP) is 0.0630. The second-order valence-electron chi connectivity index (χ2n) is 2.57. The number of hydrogen-bond acceptors (Lipinski definition) is 4. The van der Waals surface area contributed by atoms with Crippen molar-refractivity contribution >= 4 is 20.0 Å². The van der Waals surface area contributed by atoms with E-state index < -0.39 is 44.2 Å². The topological polar surface area (TPSA) is 80.3 Å². The number of nitrogens with one attached hydrogen (secondary N) is 1. The molecule has 0 aliphatic carbocycles. The van der Waals surface area contributed by atoms with Crippen LogP contribution >= 0.6 is 0 Å². The van der Waals surface area contributed by atoms with Crippen molar-refractivity contribution in [3.05, 3.63) is 0 Å². The maximum absolute atomic E-state index is 12.2. The van der Waals surface area contributed by atoms with E-state index in [0.29, 0.717) is 0 Å². The quantitative estimate of drug-likeness (QED) is 0.727. The molecule has 0 saturated heterocycles. The molecule has 12 heteroatoms. The highest BCUT2D eigenvalue weighted by molar-refractivity contribution is 8.05. The third-order valence-corrected chi connectivity index (χ3v) is 4.41. The summed E-state index contributed by atoms with van der Waals surface area (Å²) in [6.45, 7) is -1.76. The molecule has 0 aromatic rings. The van der Waals surface area contributed by atoms with Crippen molar-refractivity contribution in [3.8, 4) is 0 Å². The Kier molecular flexibility index (Phi) is 4.64. The van der Waals surface area contributed by atoms with Crippen LogP contribution in [0, 0.1) is 0 Å². The largest absolute Gasteiger partial charge is 0.512 e. The van der Waals surface area contributed by atoms with Crippen molar-refractivity contribution in [2.24, 2.45) is 0 Å². The molecule has 0 aliphatic rings. The number of alkyl halides is 5. The van der Waals surface area contributed by atoms with Crippen LogP contribution in [0.4, 0.5) is 22.0 Å². The molecule has 0 heterocycles. The number of halogens is 5. The van der Waals surface area contributed by atoms with Gasteiger partial charge in [-0.15, -0.1) is 4.13 Å². The number of hydrogen-bond donors (Lipinski definition) is 1. The van der Waals surface area contributed by atoms with Gasteiger partial charge in [0.1, 0.15) is 12.8 Å². The highest BCUT2D eigenvalue weighted by Gasteiger charge is 2.48. The summed E-state index contributed by atoms with van der Waals surface area (Å²) in [7, 11) is -11.2. The van der Waals surface area contributed by atoms with E-state index in [9.17, 15) is 38.8 Å². The van der Waals surface area contributed by atoms with Crippen molar-refractivity contribution in [2.45, 2.75) is 11.7 Å². The molecule has 98 valence electrons. The zero-order chi connectivity index (χ0) is 13.2. The van der Waals surface area contributed by atoms with E-state index >= 15 is 0 Å². The van der Waals surface area contributed by atoms with Gasteiger partial charge < -0.3 is 0 Å². The Morgan fingerprint density at radius 3 is 1.88 bits per heavy atom. The van der Waals surface area contributed by atoms with Gasteiger partial charge in [-0.3, -0.25) is 0 Å². The van der Waals surface area contributed by atoms with Gasteiger partial charge in [0.2, 0.25) is 10.0 Å². The lowest BCUT2D eigenvalue weighted by atomic mass is 10.5. The highest BCUT2D eigenvalue weighted by atomic mass is 32.3. The molecule has 0 saturated carbocycles. The lowest BCUT2D eigenvalue weighted by molar-refractivity contribution is -0.0441. The Morgan fingerprint density at radius 1 is 1.12 bits per heavy atom. The summed E-state index contributed by atoms with van der Waals surface area (Å²) in [4.78, 5) is 0. The van der Waals surface area contributed by atoms with Crippen LogP contribution in [0.25, 0.3) is 0 Å². The molecular formula is C4H6F5NO4S2. The minimum atomic E-state index is -6.14. The van der Waals surface area contributed by atoms with Crippen molar-refractivity contribution in [3.63, 3.8) is 0 Å². The number of sulfonamides is 2. The Morgan fingerprint density at radius 2 is 1.56 bits per heavy atom. The Bertz CT molecular complexity index is 426. The fourth-order valence-corrected chi connectivity index (χ4v) is 3.08. The van der Waals surface area contributed by atoms with Crippen LogP contribution in [0.2, 0.25) is 0 Å². The van der Waals surface area contributed by atoms with E-state index in [1.54, 1.807) is 0 Å². The second-order valence-corrected chi connectivity index (χ2v) is 6.26. The summed E-state index contributed by atoms with van der Waals surface area (Å²) >= 11 is 0. The smallest absolute Gasteiger partial charge is 0.248 e. The molecule has 0 bridgehead atoms. The second kappa shape index (κ2) is 4.79. The van der Waals surface area contributed by atoms with E-state index in [0.717, 1.165) is 0 Å². The van der Waals surface area contributed by atoms with Crippen molar-refractivity contribution in [1.82, 2.24) is 4.13 Å². The van der Waals surface area contributed by atoms with Gasteiger partial charge in [-0.2, -0.15) is 13.2 Å². The normalized spacial score (nSPS) is 16.1. The van der Waals surface area contributed by atoms with Crippen LogP contribution in [0.15, 0.2) is 0 Å². The molecule has 0 spiro atoms. The molecule has 1 N–H and O–H groups in total. The standard InChI is InChI=1S/C4H6F5NO4S2/c5-1-3(6)2-15(11,12)10-16(13,14)4(7,8)9/h3,10H,1-2H2. The van der Waals surface area contributed by atoms with Crippen LogP contribution in [-0.2, 0) is 20.0 Å². The third-order valence-electron chi connectivity index (χ3n) is 1.11. The van der Waals surface area contributed by atoms with Crippen molar-refractivity contribution < 1.29 is 38.8 Å². The van der Waals surface area contributed by atoms with Crippen LogP contribution in [0.1, 0.15) is 0 Å². The first-order chi connectivity index (χ1) is 6.91. The summed E-state index contributed by atoms with van der Waals surface area (Å²) in [6.07, 6.45) is -2.60. The molecule has 1 atom stereocenters. The lowest BCUT2D eigenvalue weighted by Gasteiger charge is -2.10. The monoisotopic (exact) mass is 291 g/mol. The van der Waals surface area contributed by atoms with Gasteiger partial charge in [-0.05, 0) is 0 Å². The average molecular weight is 291 g/mol. The van der Waals surface area contributed by atoms with E-state index in [1.807, 2.05) is 0 Å². The summed E-state index contributed by atoms with van der Waals surface area (Å²) in [6, 6.07) is 0. The highest BCUT2D eigenvalue weighted by Crippen LogP contribution is 2.22. The molecule has 0 aromatic heterocycles. The van der Waals surface area contributed by atoms with Crippen LogP contribution < -0.4 is 4.13 Å². The maximum Gasteiger partial charge on any atom is 0.512 e. The minimum Gasteiger partial charge on any atom is -0.248 e. The molecule has 0 amide bonds. The van der Waals surface area contributed by atoms with Gasteiger partial charge in [0, 0.05) is 0 Å². The average Bonchev–Trinajstić information content (AvgIpc) is 1.98. The van der Waals surface area contributed by atoms with Gasteiger partial charge in [0.05, 0.1) is 5.75 Å². The molecule has 0 fully saturated rings. The van der Waals surface area contributed by atoms with E-state index in [2.05, 4.69) is 0 Å². The Hall–Kier alpha value is -0.490. The van der Waals surface area contributed by atoms with Gasteiger partial charge in [-0.25, -0.2) is 25.6 Å². The molecule has 0 aromatic carbocycles. The molecule has 5 nitrogen and oxygen atoms in total. The zero-order valence-electron chi connectivity index (χ0n) is 7.33. The fraction of sp³-hybridized carbons (Fsp3) is 1.00. The summed E-state index contributed by atoms with van der Waals surface area (Å²) in [5.41, 5.74) is -5.85. The first-order valence-corrected chi connectivity index (χ1v) is 6.57. The molecular weight excluding hydrogens is 285 g/mol. The van der Waals surface area contributed by atoms with Crippen LogP contribution in [0.3, 0.4) is 0 Å². The summed E-state index contributed by atoms with van der Waals surface area (Å²) in [5.74, 6) is -1.71. The summed E-state index contributed by atoms with van der Waals surface area (Å²) in [5, 5.41) is 0. The number of rotatable bonds is 5. The van der Waals surface area contributed by atoms with E-state index in [1.165, 1.54) is 0 Å². The predicted molar refractivity (Wildman–Crippen MR) is 42.8 cm³/mol. The Balaban J connectivity index is 4.88. The molecule has 16 heavy (non-hydrogen) atoms. The maximum atomic E-state index is 12.2. The summed E-state index contributed by atoms with van der Waals surface area (Å²) < 4.78 is 101. The first kappa shape index (κ1) is 15.5. The van der Waals surface area contributed by atoms with E-state index in [-0.39, 0.29) is 4.13 Å². The molecule has 0 radical (unpaired) electrons. The third kappa shape index (κ3) is 4.57. The first-order valence-electron chi connectivity index (χ1n) is 3.44. The van der Waals surface area contributed by atoms with Gasteiger partial charge in [0.25, 0.3) is 0 Å². The fourth-order valence-electron chi connectivity index (χ4n) is 0.531. The molecule has 0 aliphatic heterocycles. The molecule has 1 unspecified atom stereocenters. The van der Waals surface area contributed by atoms with Gasteiger partial charge >= 0.3 is 15.5 Å². The van der Waals surface area contributed by atoms with E-state index in [4.69, 9.17) is 0 Å². The molecule has 0 rings (SSSR count). The van der Waals surface area contributed by atoms with Crippen molar-refractivity contribution in [2.75, 3.05) is 12.4 Å². The minimum absolute atomic E-state index is 0.251. The van der Waals surface area contributed by atoms with Crippen LogP contribution in [0.5, 0.6) is 0 Å². The SMILES string of the molecule is O=S(=O)(CC(F)CF)NS(=O)(=O)C(F)(F)F. The Labute approximate surface area is 87.7 Å².